The number of amides is 1. The molecule has 0 aliphatic rings. The summed E-state index contributed by atoms with van der Waals surface area (Å²) in [4.78, 5) is 16.2. The van der Waals surface area contributed by atoms with Crippen molar-refractivity contribution in [2.24, 2.45) is 5.73 Å². The average Bonchev–Trinajstić information content (AvgIpc) is 2.04. The maximum atomic E-state index is 10.5. The molecule has 64 valence electrons. The van der Waals surface area contributed by atoms with Gasteiger partial charge in [0, 0.05) is 6.20 Å². The standard InChI is InChI=1S/C5H5N3O3S/c6-4(9)3-1-2-7-5(8-3)12(10)11/h1-2,8H,(H2,6,9). The second-order valence-corrected chi connectivity index (χ2v) is 2.74. The first-order chi connectivity index (χ1) is 5.61. The molecule has 0 bridgehead atoms. The molecule has 12 heavy (non-hydrogen) atoms. The predicted molar refractivity (Wildman–Crippen MR) is 39.3 cm³/mol. The fourth-order valence-electron chi connectivity index (χ4n) is 0.597. The van der Waals surface area contributed by atoms with E-state index in [0.29, 0.717) is 0 Å². The first-order valence-electron chi connectivity index (χ1n) is 2.88. The van der Waals surface area contributed by atoms with E-state index in [1.54, 1.807) is 0 Å². The van der Waals surface area contributed by atoms with Gasteiger partial charge in [-0.1, -0.05) is 0 Å². The molecule has 0 radical (unpaired) electrons. The van der Waals surface area contributed by atoms with Gasteiger partial charge >= 0.3 is 0 Å². The van der Waals surface area contributed by atoms with E-state index in [1.807, 2.05) is 0 Å². The largest absolute Gasteiger partial charge is 0.364 e. The SMILES string of the molecule is NC(=O)c1ccnc(=S(=O)=O)[nH]1. The van der Waals surface area contributed by atoms with Crippen molar-refractivity contribution >= 4 is 16.2 Å². The van der Waals surface area contributed by atoms with Crippen molar-refractivity contribution in [3.8, 4) is 0 Å². The van der Waals surface area contributed by atoms with Crippen LogP contribution >= 0.6 is 0 Å². The molecule has 0 fully saturated rings. The summed E-state index contributed by atoms with van der Waals surface area (Å²) >= 11 is 0. The Kier molecular flexibility index (Phi) is 2.24. The molecule has 0 aliphatic heterocycles. The molecule has 6 nitrogen and oxygen atoms in total. The Labute approximate surface area is 68.6 Å². The number of nitrogens with zero attached hydrogens (tertiary/aromatic N) is 1. The topological polar surface area (TPSA) is 106 Å². The second-order valence-electron chi connectivity index (χ2n) is 1.89. The van der Waals surface area contributed by atoms with Gasteiger partial charge in [-0.25, -0.2) is 4.98 Å². The van der Waals surface area contributed by atoms with E-state index in [1.165, 1.54) is 12.3 Å². The molecule has 0 aliphatic carbocycles. The van der Waals surface area contributed by atoms with Crippen LogP contribution in [0.4, 0.5) is 0 Å². The second kappa shape index (κ2) is 3.18. The number of nitrogens with one attached hydrogen (secondary N) is 1. The van der Waals surface area contributed by atoms with E-state index in [9.17, 15) is 13.2 Å². The molecule has 0 saturated heterocycles. The Morgan fingerprint density at radius 3 is 2.75 bits per heavy atom. The molecular weight excluding hydrogens is 182 g/mol. The summed E-state index contributed by atoms with van der Waals surface area (Å²) < 4.78 is 20.3. The van der Waals surface area contributed by atoms with E-state index in [0.717, 1.165) is 0 Å². The number of nitrogens with two attached hydrogens (primary N) is 1. The van der Waals surface area contributed by atoms with Crippen LogP contribution in [-0.4, -0.2) is 24.3 Å². The Hall–Kier alpha value is -1.63. The Bertz CT molecular complexity index is 465. The number of H-pyrrole nitrogens is 1. The molecule has 7 heteroatoms. The number of carbonyl (C=O) groups excluding carboxylic acids is 1. The van der Waals surface area contributed by atoms with Gasteiger partial charge in [-0.3, -0.25) is 4.79 Å². The van der Waals surface area contributed by atoms with Gasteiger partial charge < -0.3 is 10.7 Å². The molecule has 0 aromatic carbocycles. The summed E-state index contributed by atoms with van der Waals surface area (Å²) in [6.07, 6.45) is 1.18. The van der Waals surface area contributed by atoms with Gasteiger partial charge in [0.25, 0.3) is 21.0 Å². The van der Waals surface area contributed by atoms with Crippen LogP contribution in [0.3, 0.4) is 0 Å². The van der Waals surface area contributed by atoms with Gasteiger partial charge in [0.2, 0.25) is 0 Å². The summed E-state index contributed by atoms with van der Waals surface area (Å²) in [5.41, 5.74) is 4.89. The van der Waals surface area contributed by atoms with Crippen LogP contribution in [0.5, 0.6) is 0 Å². The molecule has 3 N–H and O–H groups in total. The highest BCUT2D eigenvalue weighted by molar-refractivity contribution is 7.63. The number of aromatic nitrogens is 2. The molecule has 0 saturated carbocycles. The minimum absolute atomic E-state index is 0.00389. The molecule has 1 heterocycles. The zero-order chi connectivity index (χ0) is 9.14. The molecule has 0 spiro atoms. The Morgan fingerprint density at radius 1 is 1.58 bits per heavy atom. The van der Waals surface area contributed by atoms with Crippen molar-refractivity contribution in [3.05, 3.63) is 22.7 Å². The molecule has 1 rings (SSSR count). The summed E-state index contributed by atoms with van der Waals surface area (Å²) in [5.74, 6) is -0.732. The predicted octanol–water partition coefficient (Wildman–Crippen LogP) is -1.08. The first-order valence-corrected chi connectivity index (χ1v) is 3.96. The summed E-state index contributed by atoms with van der Waals surface area (Å²) in [6.45, 7) is 0. The monoisotopic (exact) mass is 187 g/mol. The quantitative estimate of drug-likeness (QED) is 0.545. The summed E-state index contributed by atoms with van der Waals surface area (Å²) in [6, 6.07) is 1.29. The summed E-state index contributed by atoms with van der Waals surface area (Å²) in [7, 11) is -2.48. The molecule has 1 amide bonds. The van der Waals surface area contributed by atoms with Crippen LogP contribution in [0.15, 0.2) is 12.3 Å². The van der Waals surface area contributed by atoms with Gasteiger partial charge in [-0.2, -0.15) is 8.42 Å². The van der Waals surface area contributed by atoms with Gasteiger partial charge in [-0.05, 0) is 6.07 Å². The van der Waals surface area contributed by atoms with Crippen molar-refractivity contribution in [2.45, 2.75) is 0 Å². The lowest BCUT2D eigenvalue weighted by Crippen LogP contribution is -2.13. The first kappa shape index (κ1) is 8.47. The average molecular weight is 187 g/mol. The van der Waals surface area contributed by atoms with Gasteiger partial charge in [-0.15, -0.1) is 0 Å². The van der Waals surface area contributed by atoms with Gasteiger partial charge in [0.1, 0.15) is 5.69 Å². The zero-order valence-electron chi connectivity index (χ0n) is 5.81. The highest BCUT2D eigenvalue weighted by Gasteiger charge is 1.98. The van der Waals surface area contributed by atoms with Crippen molar-refractivity contribution < 1.29 is 13.2 Å². The van der Waals surface area contributed by atoms with E-state index >= 15 is 0 Å². The number of primary amides is 1. The molecule has 1 aromatic rings. The minimum atomic E-state index is -2.48. The number of hydrogen-bond donors (Lipinski definition) is 2. The lowest BCUT2D eigenvalue weighted by atomic mass is 10.4. The fourth-order valence-corrected chi connectivity index (χ4v) is 0.937. The highest BCUT2D eigenvalue weighted by atomic mass is 32.2. The fraction of sp³-hybridized carbons (Fsp3) is 0. The van der Waals surface area contributed by atoms with Crippen LogP contribution < -0.4 is 5.73 Å². The van der Waals surface area contributed by atoms with E-state index in [4.69, 9.17) is 5.73 Å². The van der Waals surface area contributed by atoms with E-state index in [-0.39, 0.29) is 10.5 Å². The molecule has 0 atom stereocenters. The number of aromatic amines is 1. The smallest absolute Gasteiger partial charge is 0.265 e. The normalized spacial score (nSPS) is 9.33. The van der Waals surface area contributed by atoms with Crippen molar-refractivity contribution in [1.29, 1.82) is 0 Å². The third-order valence-electron chi connectivity index (χ3n) is 1.10. The van der Waals surface area contributed by atoms with Crippen molar-refractivity contribution in [2.75, 3.05) is 0 Å². The lowest BCUT2D eigenvalue weighted by Gasteiger charge is -1.91. The van der Waals surface area contributed by atoms with Crippen LogP contribution in [0.25, 0.3) is 0 Å². The molecular formula is C5H5N3O3S. The van der Waals surface area contributed by atoms with E-state index in [2.05, 4.69) is 9.97 Å². The maximum Gasteiger partial charge on any atom is 0.265 e. The number of hydrogen-bond acceptors (Lipinski definition) is 4. The Morgan fingerprint density at radius 2 is 2.25 bits per heavy atom. The number of carbonyl (C=O) groups is 1. The van der Waals surface area contributed by atoms with Crippen LogP contribution in [-0.2, 0) is 10.3 Å². The van der Waals surface area contributed by atoms with Crippen LogP contribution in [0, 0.1) is 4.77 Å². The minimum Gasteiger partial charge on any atom is -0.364 e. The lowest BCUT2D eigenvalue weighted by molar-refractivity contribution is 0.0995. The van der Waals surface area contributed by atoms with Crippen LogP contribution in [0.2, 0.25) is 0 Å². The molecule has 1 aromatic heterocycles. The maximum absolute atomic E-state index is 10.5. The molecule has 0 unspecified atom stereocenters. The van der Waals surface area contributed by atoms with Crippen molar-refractivity contribution in [3.63, 3.8) is 0 Å². The van der Waals surface area contributed by atoms with Crippen molar-refractivity contribution in [1.82, 2.24) is 9.97 Å². The van der Waals surface area contributed by atoms with E-state index < -0.39 is 16.2 Å². The highest BCUT2D eigenvalue weighted by Crippen LogP contribution is 1.88. The van der Waals surface area contributed by atoms with Gasteiger partial charge in [0.05, 0.1) is 0 Å². The van der Waals surface area contributed by atoms with Crippen LogP contribution in [0.1, 0.15) is 10.5 Å². The Balaban J connectivity index is 3.53. The number of rotatable bonds is 1. The third kappa shape index (κ3) is 1.70. The summed E-state index contributed by atoms with van der Waals surface area (Å²) in [5, 5.41) is 0. The van der Waals surface area contributed by atoms with Gasteiger partial charge in [0.15, 0.2) is 0 Å². The third-order valence-corrected chi connectivity index (χ3v) is 1.62. The zero-order valence-corrected chi connectivity index (χ0v) is 6.63.